The predicted octanol–water partition coefficient (Wildman–Crippen LogP) is 6.60. The molecule has 6 aromatic rings. The van der Waals surface area contributed by atoms with Gasteiger partial charge in [-0.3, -0.25) is 24.2 Å². The zero-order valence-electron chi connectivity index (χ0n) is 30.9. The zero-order chi connectivity index (χ0) is 40.5. The second kappa shape index (κ2) is 17.9. The summed E-state index contributed by atoms with van der Waals surface area (Å²) in [6.07, 6.45) is 11.4. The summed E-state index contributed by atoms with van der Waals surface area (Å²) in [4.78, 5) is 69.8. The van der Waals surface area contributed by atoms with Gasteiger partial charge in [0.1, 0.15) is 0 Å². The molecule has 288 valence electrons. The number of hydrogen-bond donors (Lipinski definition) is 6. The van der Waals surface area contributed by atoms with E-state index in [-0.39, 0.29) is 41.4 Å². The third kappa shape index (κ3) is 10.3. The minimum atomic E-state index is -0.382. The first kappa shape index (κ1) is 39.4. The van der Waals surface area contributed by atoms with Crippen LogP contribution in [-0.4, -0.2) is 48.5 Å². The van der Waals surface area contributed by atoms with Crippen molar-refractivity contribution < 1.29 is 19.2 Å². The van der Waals surface area contributed by atoms with Crippen molar-refractivity contribution in [3.63, 3.8) is 0 Å². The summed E-state index contributed by atoms with van der Waals surface area (Å²) in [5.41, 5.74) is 17.9. The molecule has 1 aliphatic rings. The first-order valence-electron chi connectivity index (χ1n) is 17.7. The van der Waals surface area contributed by atoms with E-state index in [0.717, 1.165) is 36.0 Å². The molecular weight excluding hydrogens is 746 g/mol. The van der Waals surface area contributed by atoms with E-state index in [4.69, 9.17) is 23.1 Å². The molecule has 7 rings (SSSR count). The summed E-state index contributed by atoms with van der Waals surface area (Å²) in [6, 6.07) is 19.9. The highest BCUT2D eigenvalue weighted by Crippen LogP contribution is 2.32. The van der Waals surface area contributed by atoms with E-state index in [1.54, 1.807) is 31.2 Å². The summed E-state index contributed by atoms with van der Waals surface area (Å²) >= 11 is 5.85. The van der Waals surface area contributed by atoms with Crippen molar-refractivity contribution >= 4 is 69.9 Å². The standard InChI is InChI=1S/C23H23N5O2.C18H15ClN6O2/c1-14-9-10-16(11-20(14)22(30)28-17-12-25-23(24)26-13-17)27-21(29)19-8-4-6-15-5-2-3-7-18(15)19;1-10-2-3-13(24-16(26)11-4-12(19)7-21-6-11)5-15(10)17(27)25-14-8-22-18(20)23-9-14/h2-3,5,7,9-13,19H,4,6,8H2,1H3,(H,27,29)(H,28,30)(H2,24,25,26);2-9H,1H3,(H,24,26)(H,25,27)(H2,20,22,23). The van der Waals surface area contributed by atoms with Crippen LogP contribution in [0.4, 0.5) is 34.6 Å². The Balaban J connectivity index is 0.000000194. The number of nitrogens with two attached hydrogens (primary N) is 2. The van der Waals surface area contributed by atoms with Gasteiger partial charge in [0.15, 0.2) is 0 Å². The van der Waals surface area contributed by atoms with Crippen molar-refractivity contribution in [2.45, 2.75) is 39.0 Å². The van der Waals surface area contributed by atoms with Gasteiger partial charge in [-0.25, -0.2) is 19.9 Å². The summed E-state index contributed by atoms with van der Waals surface area (Å²) in [7, 11) is 0. The molecular formula is C41H38ClN11O4. The van der Waals surface area contributed by atoms with Crippen LogP contribution in [0.25, 0.3) is 0 Å². The van der Waals surface area contributed by atoms with Gasteiger partial charge in [-0.15, -0.1) is 0 Å². The molecule has 3 aromatic heterocycles. The van der Waals surface area contributed by atoms with Gasteiger partial charge in [-0.2, -0.15) is 0 Å². The van der Waals surface area contributed by atoms with Crippen LogP contribution in [0, 0.1) is 13.8 Å². The van der Waals surface area contributed by atoms with Crippen LogP contribution in [0.1, 0.15) is 72.1 Å². The van der Waals surface area contributed by atoms with Crippen LogP contribution in [0.15, 0.2) is 104 Å². The van der Waals surface area contributed by atoms with Crippen molar-refractivity contribution in [3.05, 3.63) is 148 Å². The molecule has 8 N–H and O–H groups in total. The quantitative estimate of drug-likeness (QED) is 0.0963. The topological polar surface area (TPSA) is 233 Å². The number of nitrogens with zero attached hydrogens (tertiary/aromatic N) is 5. The molecule has 15 nitrogen and oxygen atoms in total. The molecule has 0 aliphatic heterocycles. The molecule has 3 heterocycles. The zero-order valence-corrected chi connectivity index (χ0v) is 31.7. The number of anilines is 6. The number of carbonyl (C=O) groups excluding carboxylic acids is 4. The molecule has 0 spiro atoms. The summed E-state index contributed by atoms with van der Waals surface area (Å²) in [5, 5.41) is 11.5. The average molecular weight is 784 g/mol. The van der Waals surface area contributed by atoms with Crippen molar-refractivity contribution in [2.24, 2.45) is 0 Å². The van der Waals surface area contributed by atoms with Gasteiger partial charge in [-0.05, 0) is 85.7 Å². The predicted molar refractivity (Wildman–Crippen MR) is 219 cm³/mol. The van der Waals surface area contributed by atoms with Crippen LogP contribution in [0.5, 0.6) is 0 Å². The molecule has 1 aliphatic carbocycles. The Morgan fingerprint density at radius 3 is 1.72 bits per heavy atom. The van der Waals surface area contributed by atoms with Gasteiger partial charge in [-0.1, -0.05) is 48.0 Å². The molecule has 0 fully saturated rings. The van der Waals surface area contributed by atoms with Crippen molar-refractivity contribution in [1.82, 2.24) is 24.9 Å². The lowest BCUT2D eigenvalue weighted by Crippen LogP contribution is -2.25. The second-order valence-electron chi connectivity index (χ2n) is 13.1. The molecule has 1 atom stereocenters. The molecule has 0 radical (unpaired) electrons. The fraction of sp³-hybridized carbons (Fsp3) is 0.146. The minimum absolute atomic E-state index is 0.0516. The van der Waals surface area contributed by atoms with E-state index in [1.165, 1.54) is 48.8 Å². The number of carbonyl (C=O) groups is 4. The number of aryl methyl sites for hydroxylation is 3. The molecule has 0 saturated carbocycles. The lowest BCUT2D eigenvalue weighted by atomic mass is 9.82. The first-order valence-corrected chi connectivity index (χ1v) is 18.1. The maximum atomic E-state index is 13.0. The SMILES string of the molecule is Cc1ccc(NC(=O)C2CCCc3ccccc32)cc1C(=O)Nc1cnc(N)nc1.Cc1ccc(NC(=O)c2cncc(Cl)c2)cc1C(=O)Nc1cnc(N)nc1. The van der Waals surface area contributed by atoms with E-state index in [1.807, 2.05) is 37.3 Å². The van der Waals surface area contributed by atoms with E-state index in [2.05, 4.69) is 52.3 Å². The first-order chi connectivity index (χ1) is 27.4. The van der Waals surface area contributed by atoms with E-state index >= 15 is 0 Å². The Morgan fingerprint density at radius 1 is 0.632 bits per heavy atom. The summed E-state index contributed by atoms with van der Waals surface area (Å²) in [6.45, 7) is 3.64. The van der Waals surface area contributed by atoms with E-state index in [0.29, 0.717) is 44.5 Å². The summed E-state index contributed by atoms with van der Waals surface area (Å²) in [5.74, 6) is -1.03. The molecule has 1 unspecified atom stereocenters. The number of hydrogen-bond acceptors (Lipinski definition) is 11. The third-order valence-corrected chi connectivity index (χ3v) is 9.21. The Morgan fingerprint density at radius 2 is 1.16 bits per heavy atom. The van der Waals surface area contributed by atoms with Crippen LogP contribution in [0.3, 0.4) is 0 Å². The second-order valence-corrected chi connectivity index (χ2v) is 13.5. The van der Waals surface area contributed by atoms with Crippen LogP contribution in [0.2, 0.25) is 5.02 Å². The number of aromatic nitrogens is 5. The van der Waals surface area contributed by atoms with Gasteiger partial charge in [0.25, 0.3) is 17.7 Å². The Hall–Kier alpha value is -7.26. The average Bonchev–Trinajstić information content (AvgIpc) is 3.21. The molecule has 3 aromatic carbocycles. The van der Waals surface area contributed by atoms with Crippen LogP contribution < -0.4 is 32.7 Å². The molecule has 57 heavy (non-hydrogen) atoms. The highest BCUT2D eigenvalue weighted by molar-refractivity contribution is 6.30. The lowest BCUT2D eigenvalue weighted by Gasteiger charge is -2.24. The van der Waals surface area contributed by atoms with Gasteiger partial charge in [0.05, 0.1) is 52.7 Å². The Labute approximate surface area is 332 Å². The smallest absolute Gasteiger partial charge is 0.257 e. The minimum Gasteiger partial charge on any atom is -0.368 e. The van der Waals surface area contributed by atoms with Crippen LogP contribution in [-0.2, 0) is 11.2 Å². The number of nitrogens with one attached hydrogen (secondary N) is 4. The van der Waals surface area contributed by atoms with Gasteiger partial charge in [0, 0.05) is 34.9 Å². The largest absolute Gasteiger partial charge is 0.368 e. The van der Waals surface area contributed by atoms with Crippen molar-refractivity contribution in [2.75, 3.05) is 32.7 Å². The number of nitrogen functional groups attached to an aromatic ring is 2. The van der Waals surface area contributed by atoms with Gasteiger partial charge < -0.3 is 32.7 Å². The summed E-state index contributed by atoms with van der Waals surface area (Å²) < 4.78 is 0. The number of amides is 4. The number of benzene rings is 3. The van der Waals surface area contributed by atoms with Gasteiger partial charge in [0.2, 0.25) is 17.8 Å². The normalized spacial score (nSPS) is 12.9. The van der Waals surface area contributed by atoms with Crippen LogP contribution >= 0.6 is 11.6 Å². The Bertz CT molecular complexity index is 2440. The fourth-order valence-corrected chi connectivity index (χ4v) is 6.26. The van der Waals surface area contributed by atoms with Crippen molar-refractivity contribution in [3.8, 4) is 0 Å². The third-order valence-electron chi connectivity index (χ3n) is 9.00. The Kier molecular flexibility index (Phi) is 12.4. The molecule has 4 amide bonds. The van der Waals surface area contributed by atoms with E-state index in [9.17, 15) is 19.2 Å². The number of rotatable bonds is 8. The number of fused-ring (bicyclic) bond motifs is 1. The highest BCUT2D eigenvalue weighted by atomic mass is 35.5. The molecule has 0 bridgehead atoms. The maximum absolute atomic E-state index is 13.0. The molecule has 0 saturated heterocycles. The fourth-order valence-electron chi connectivity index (χ4n) is 6.09. The van der Waals surface area contributed by atoms with Gasteiger partial charge >= 0.3 is 0 Å². The maximum Gasteiger partial charge on any atom is 0.257 e. The highest BCUT2D eigenvalue weighted by Gasteiger charge is 2.26. The monoisotopic (exact) mass is 783 g/mol. The lowest BCUT2D eigenvalue weighted by molar-refractivity contribution is -0.117. The van der Waals surface area contributed by atoms with Crippen molar-refractivity contribution in [1.29, 1.82) is 0 Å². The molecule has 16 heteroatoms. The van der Waals surface area contributed by atoms with E-state index < -0.39 is 0 Å². The number of pyridine rings is 1. The number of halogens is 1.